The van der Waals surface area contributed by atoms with E-state index >= 15 is 0 Å². The molecular formula is C2H5LiO3S. The molecule has 0 saturated heterocycles. The van der Waals surface area contributed by atoms with E-state index < -0.39 is 10.1 Å². The van der Waals surface area contributed by atoms with Crippen LogP contribution in [0.1, 0.15) is 6.92 Å². The third-order valence-corrected chi connectivity index (χ3v) is 0.894. The molecule has 0 unspecified atom stereocenters. The Morgan fingerprint density at radius 2 is 1.71 bits per heavy atom. The first kappa shape index (κ1) is 10.5. The van der Waals surface area contributed by atoms with Gasteiger partial charge in [-0.15, -0.1) is 0 Å². The predicted molar refractivity (Wildman–Crippen MR) is 21.5 cm³/mol. The van der Waals surface area contributed by atoms with E-state index in [0.29, 0.717) is 5.75 Å². The van der Waals surface area contributed by atoms with Crippen LogP contribution in [0.15, 0.2) is 0 Å². The van der Waals surface area contributed by atoms with Crippen LogP contribution in [0.25, 0.3) is 0 Å². The maximum Gasteiger partial charge on any atom is 1.00 e. The van der Waals surface area contributed by atoms with Crippen LogP contribution in [0.2, 0.25) is 0 Å². The number of hydrogen-bond donors (Lipinski definition) is 1. The van der Waals surface area contributed by atoms with E-state index in [4.69, 9.17) is 4.55 Å². The first-order chi connectivity index (χ1) is 2.56. The molecule has 0 amide bonds. The third-order valence-electron chi connectivity index (χ3n) is 0.298. The zero-order valence-electron chi connectivity index (χ0n) is 4.25. The van der Waals surface area contributed by atoms with Crippen molar-refractivity contribution in [2.45, 2.75) is 6.92 Å². The predicted octanol–water partition coefficient (Wildman–Crippen LogP) is -2.94. The summed E-state index contributed by atoms with van der Waals surface area (Å²) in [6.07, 6.45) is 0. The van der Waals surface area contributed by atoms with Gasteiger partial charge in [0, 0.05) is 0 Å². The summed E-state index contributed by atoms with van der Waals surface area (Å²) in [5, 5.41) is 0. The van der Waals surface area contributed by atoms with Crippen LogP contribution < -0.4 is 18.9 Å². The van der Waals surface area contributed by atoms with Crippen molar-refractivity contribution in [1.82, 2.24) is 0 Å². The minimum absolute atomic E-state index is 0. The van der Waals surface area contributed by atoms with Crippen molar-refractivity contribution in [3.8, 4) is 0 Å². The molecule has 0 aromatic carbocycles. The van der Waals surface area contributed by atoms with E-state index in [0.717, 1.165) is 0 Å². The molecule has 0 aliphatic heterocycles. The summed E-state index contributed by atoms with van der Waals surface area (Å²) in [6.45, 7) is 1.25. The smallest absolute Gasteiger partial charge is 0.309 e. The fraction of sp³-hybridized carbons (Fsp3) is 0.500. The fourth-order valence-corrected chi connectivity index (χ4v) is 0. The maximum absolute atomic E-state index is 9.50. The SMILES string of the molecule is C[CH-]S(=O)(=O)O.[Li+]. The van der Waals surface area contributed by atoms with E-state index in [1.165, 1.54) is 6.92 Å². The Balaban J connectivity index is 0. The molecule has 0 radical (unpaired) electrons. The van der Waals surface area contributed by atoms with Gasteiger partial charge in [-0.05, 0) is 0 Å². The molecule has 38 valence electrons. The molecule has 0 saturated carbocycles. The van der Waals surface area contributed by atoms with Gasteiger partial charge >= 0.3 is 18.9 Å². The average molecular weight is 116 g/mol. The van der Waals surface area contributed by atoms with Gasteiger partial charge in [-0.1, -0.05) is 0 Å². The summed E-state index contributed by atoms with van der Waals surface area (Å²) in [5.41, 5.74) is 0. The van der Waals surface area contributed by atoms with E-state index in [9.17, 15) is 8.42 Å². The molecule has 0 aromatic rings. The summed E-state index contributed by atoms with van der Waals surface area (Å²) in [7, 11) is -3.79. The minimum Gasteiger partial charge on any atom is -0.309 e. The van der Waals surface area contributed by atoms with E-state index in [2.05, 4.69) is 0 Å². The van der Waals surface area contributed by atoms with Gasteiger partial charge in [0.05, 0.1) is 0 Å². The second kappa shape index (κ2) is 3.50. The summed E-state index contributed by atoms with van der Waals surface area (Å²) >= 11 is 0. The average Bonchev–Trinajstić information content (AvgIpc) is 1.35. The number of hydrogen-bond acceptors (Lipinski definition) is 2. The minimum atomic E-state index is -3.79. The first-order valence-electron chi connectivity index (χ1n) is 1.33. The zero-order valence-corrected chi connectivity index (χ0v) is 5.07. The number of rotatable bonds is 1. The van der Waals surface area contributed by atoms with Crippen molar-refractivity contribution >= 4 is 10.1 Å². The quantitative estimate of drug-likeness (QED) is 0.226. The van der Waals surface area contributed by atoms with Crippen LogP contribution in [0.4, 0.5) is 0 Å². The van der Waals surface area contributed by atoms with Gasteiger partial charge in [0.25, 0.3) is 0 Å². The molecule has 7 heavy (non-hydrogen) atoms. The molecule has 1 N–H and O–H groups in total. The molecular weight excluding hydrogens is 111 g/mol. The van der Waals surface area contributed by atoms with Gasteiger partial charge in [0.2, 0.25) is 0 Å². The molecule has 0 aliphatic rings. The zero-order chi connectivity index (χ0) is 5.21. The summed E-state index contributed by atoms with van der Waals surface area (Å²) < 4.78 is 26.7. The molecule has 0 fully saturated rings. The topological polar surface area (TPSA) is 54.4 Å². The molecule has 0 atom stereocenters. The molecule has 0 spiro atoms. The van der Waals surface area contributed by atoms with Crippen LogP contribution in [0.5, 0.6) is 0 Å². The Labute approximate surface area is 55.0 Å². The monoisotopic (exact) mass is 116 g/mol. The molecule has 0 aliphatic carbocycles. The Morgan fingerprint density at radius 1 is 1.57 bits per heavy atom. The molecule has 0 bridgehead atoms. The van der Waals surface area contributed by atoms with Gasteiger partial charge < -0.3 is 4.55 Å². The second-order valence-corrected chi connectivity index (χ2v) is 2.25. The van der Waals surface area contributed by atoms with E-state index in [1.807, 2.05) is 0 Å². The Kier molecular flexibility index (Phi) is 5.24. The van der Waals surface area contributed by atoms with Crippen LogP contribution in [-0.2, 0) is 10.1 Å². The molecule has 3 nitrogen and oxygen atoms in total. The van der Waals surface area contributed by atoms with Crippen LogP contribution in [0, 0.1) is 5.75 Å². The molecule has 5 heteroatoms. The van der Waals surface area contributed by atoms with Crippen molar-refractivity contribution in [2.24, 2.45) is 0 Å². The molecule has 0 heterocycles. The Hall–Kier alpha value is 0.507. The third kappa shape index (κ3) is 10.7. The molecule has 0 rings (SSSR count). The van der Waals surface area contributed by atoms with Gasteiger partial charge in [-0.25, -0.2) is 8.42 Å². The van der Waals surface area contributed by atoms with Crippen molar-refractivity contribution in [2.75, 3.05) is 0 Å². The van der Waals surface area contributed by atoms with Crippen LogP contribution in [-0.4, -0.2) is 13.0 Å². The Morgan fingerprint density at radius 3 is 1.71 bits per heavy atom. The second-order valence-electron chi connectivity index (χ2n) is 0.751. The van der Waals surface area contributed by atoms with Crippen molar-refractivity contribution in [3.63, 3.8) is 0 Å². The summed E-state index contributed by atoms with van der Waals surface area (Å²) in [4.78, 5) is 0. The maximum atomic E-state index is 9.50. The van der Waals surface area contributed by atoms with E-state index in [-0.39, 0.29) is 18.9 Å². The van der Waals surface area contributed by atoms with Crippen LogP contribution in [0.3, 0.4) is 0 Å². The van der Waals surface area contributed by atoms with Gasteiger partial charge in [0.1, 0.15) is 10.1 Å². The van der Waals surface area contributed by atoms with Gasteiger partial charge in [-0.2, -0.15) is 12.7 Å². The van der Waals surface area contributed by atoms with E-state index in [1.54, 1.807) is 0 Å². The van der Waals surface area contributed by atoms with Gasteiger partial charge in [-0.3, -0.25) is 0 Å². The first-order valence-corrected chi connectivity index (χ1v) is 2.83. The van der Waals surface area contributed by atoms with Crippen LogP contribution >= 0.6 is 0 Å². The standard InChI is InChI=1S/C2H5O3S.Li/c1-2-6(3,4)5;/h2H,1H3,(H,3,4,5);/q-1;+1. The summed E-state index contributed by atoms with van der Waals surface area (Å²) in [6, 6.07) is 0. The fourth-order valence-electron chi connectivity index (χ4n) is 0. The van der Waals surface area contributed by atoms with Gasteiger partial charge in [0.15, 0.2) is 0 Å². The normalized spacial score (nSPS) is 10.0. The van der Waals surface area contributed by atoms with Crippen molar-refractivity contribution < 1.29 is 31.8 Å². The van der Waals surface area contributed by atoms with Crippen molar-refractivity contribution in [1.29, 1.82) is 0 Å². The Bertz CT molecular complexity index is 115. The largest absolute Gasteiger partial charge is 1.00 e. The molecule has 0 aromatic heterocycles. The van der Waals surface area contributed by atoms with Crippen molar-refractivity contribution in [3.05, 3.63) is 5.75 Å². The summed E-state index contributed by atoms with van der Waals surface area (Å²) in [5.74, 6) is 0.715.